The molecule has 0 saturated carbocycles. The largest absolute Gasteiger partial charge is 0.342 e. The molecule has 2 aromatic rings. The molecule has 0 radical (unpaired) electrons. The Morgan fingerprint density at radius 3 is 2.47 bits per heavy atom. The molecule has 0 aliphatic carbocycles. The lowest BCUT2D eigenvalue weighted by Gasteiger charge is -2.30. The smallest absolute Gasteiger partial charge is 0.233 e. The molecule has 1 fully saturated rings. The van der Waals surface area contributed by atoms with Crippen LogP contribution in [0.25, 0.3) is 0 Å². The lowest BCUT2D eigenvalue weighted by atomic mass is 9.99. The van der Waals surface area contributed by atoms with Crippen LogP contribution in [0.3, 0.4) is 0 Å². The highest BCUT2D eigenvalue weighted by Gasteiger charge is 2.23. The number of sulfonamides is 1. The number of carbonyl (C=O) groups is 1. The fraction of sp³-hybridized carbons (Fsp3) is 0.526. The third-order valence-corrected chi connectivity index (χ3v) is 7.33. The Hall–Kier alpha value is -2.14. The van der Waals surface area contributed by atoms with E-state index in [4.69, 9.17) is 0 Å². The maximum Gasteiger partial charge on any atom is 0.233 e. The van der Waals surface area contributed by atoms with E-state index in [2.05, 4.69) is 17.1 Å². The first-order valence-electron chi connectivity index (χ1n) is 9.67. The molecule has 11 heteroatoms. The predicted molar refractivity (Wildman–Crippen MR) is 114 cm³/mol. The molecule has 0 N–H and O–H groups in total. The van der Waals surface area contributed by atoms with Crippen molar-refractivity contribution in [2.24, 2.45) is 13.0 Å². The minimum atomic E-state index is -3.62. The van der Waals surface area contributed by atoms with Crippen LogP contribution in [0.2, 0.25) is 0 Å². The van der Waals surface area contributed by atoms with Gasteiger partial charge in [-0.25, -0.2) is 12.8 Å². The Morgan fingerprint density at radius 2 is 1.87 bits per heavy atom. The molecule has 0 atom stereocenters. The minimum absolute atomic E-state index is 0.0491. The number of aromatic nitrogens is 3. The molecule has 30 heavy (non-hydrogen) atoms. The normalized spacial score (nSPS) is 15.4. The van der Waals surface area contributed by atoms with E-state index >= 15 is 0 Å². The first kappa shape index (κ1) is 22.5. The Bertz CT molecular complexity index is 986. The molecule has 2 heterocycles. The van der Waals surface area contributed by atoms with Crippen molar-refractivity contribution >= 4 is 33.4 Å². The standard InChI is InChI=1S/C19H26FN5O3S2/c1-14-8-10-24(11-9-14)18(26)13-29-19-22-21-17(23(19)2)12-25(30(3,27)28)16-6-4-15(20)5-7-16/h4-7,14H,8-13H2,1-3H3. The number of thioether (sulfide) groups is 1. The van der Waals surface area contributed by atoms with Crippen LogP contribution in [0.15, 0.2) is 29.4 Å². The van der Waals surface area contributed by atoms with Crippen molar-refractivity contribution in [1.29, 1.82) is 0 Å². The van der Waals surface area contributed by atoms with E-state index in [0.717, 1.165) is 36.5 Å². The number of amides is 1. The van der Waals surface area contributed by atoms with Crippen molar-refractivity contribution in [2.45, 2.75) is 31.5 Å². The van der Waals surface area contributed by atoms with E-state index in [-0.39, 0.29) is 18.2 Å². The van der Waals surface area contributed by atoms with E-state index in [9.17, 15) is 17.6 Å². The van der Waals surface area contributed by atoms with Crippen LogP contribution in [-0.4, -0.2) is 59.1 Å². The summed E-state index contributed by atoms with van der Waals surface area (Å²) in [7, 11) is -1.89. The first-order chi connectivity index (χ1) is 14.1. The quantitative estimate of drug-likeness (QED) is 0.595. The molecule has 164 valence electrons. The lowest BCUT2D eigenvalue weighted by molar-refractivity contribution is -0.129. The van der Waals surface area contributed by atoms with Crippen molar-refractivity contribution in [3.05, 3.63) is 35.9 Å². The Labute approximate surface area is 180 Å². The Kier molecular flexibility index (Phi) is 7.02. The molecular formula is C19H26FN5O3S2. The maximum atomic E-state index is 13.2. The summed E-state index contributed by atoms with van der Waals surface area (Å²) in [6.07, 6.45) is 3.13. The monoisotopic (exact) mass is 455 g/mol. The zero-order valence-electron chi connectivity index (χ0n) is 17.3. The van der Waals surface area contributed by atoms with E-state index in [1.54, 1.807) is 11.6 Å². The van der Waals surface area contributed by atoms with Crippen LogP contribution >= 0.6 is 11.8 Å². The highest BCUT2D eigenvalue weighted by Crippen LogP contribution is 2.23. The number of hydrogen-bond donors (Lipinski definition) is 0. The number of likely N-dealkylation sites (tertiary alicyclic amines) is 1. The van der Waals surface area contributed by atoms with Crippen LogP contribution in [0.5, 0.6) is 0 Å². The highest BCUT2D eigenvalue weighted by molar-refractivity contribution is 7.99. The minimum Gasteiger partial charge on any atom is -0.342 e. The van der Waals surface area contributed by atoms with Gasteiger partial charge in [0.1, 0.15) is 5.82 Å². The molecule has 1 amide bonds. The molecule has 1 aliphatic heterocycles. The molecule has 1 aromatic heterocycles. The summed E-state index contributed by atoms with van der Waals surface area (Å²) in [5.74, 6) is 0.958. The van der Waals surface area contributed by atoms with E-state index < -0.39 is 15.8 Å². The molecule has 3 rings (SSSR count). The summed E-state index contributed by atoms with van der Waals surface area (Å²) in [5.41, 5.74) is 0.339. The second-order valence-corrected chi connectivity index (χ2v) is 10.4. The van der Waals surface area contributed by atoms with E-state index in [1.807, 2.05) is 4.90 Å². The molecule has 1 saturated heterocycles. The first-order valence-corrected chi connectivity index (χ1v) is 12.5. The fourth-order valence-corrected chi connectivity index (χ4v) is 4.91. The third-order valence-electron chi connectivity index (χ3n) is 5.19. The number of halogens is 1. The SMILES string of the molecule is CC1CCN(C(=O)CSc2nnc(CN(c3ccc(F)cc3)S(C)(=O)=O)n2C)CC1. The van der Waals surface area contributed by atoms with Gasteiger partial charge in [0.15, 0.2) is 11.0 Å². The van der Waals surface area contributed by atoms with Crippen LogP contribution in [0, 0.1) is 11.7 Å². The molecule has 1 aromatic carbocycles. The van der Waals surface area contributed by atoms with Crippen LogP contribution in [0.1, 0.15) is 25.6 Å². The summed E-state index contributed by atoms with van der Waals surface area (Å²) < 4.78 is 40.6. The van der Waals surface area contributed by atoms with Gasteiger partial charge in [-0.05, 0) is 43.0 Å². The number of nitrogens with zero attached hydrogens (tertiary/aromatic N) is 5. The lowest BCUT2D eigenvalue weighted by Crippen LogP contribution is -2.38. The summed E-state index contributed by atoms with van der Waals surface area (Å²) >= 11 is 1.28. The summed E-state index contributed by atoms with van der Waals surface area (Å²) in [4.78, 5) is 14.3. The topological polar surface area (TPSA) is 88.4 Å². The number of carbonyl (C=O) groups excluding carboxylic acids is 1. The molecule has 0 spiro atoms. The van der Waals surface area contributed by atoms with E-state index in [0.29, 0.717) is 22.6 Å². The zero-order chi connectivity index (χ0) is 21.9. The van der Waals surface area contributed by atoms with Gasteiger partial charge in [0, 0.05) is 20.1 Å². The van der Waals surface area contributed by atoms with Gasteiger partial charge in [-0.3, -0.25) is 9.10 Å². The second kappa shape index (κ2) is 9.34. The summed E-state index contributed by atoms with van der Waals surface area (Å²) in [6.45, 7) is 3.72. The zero-order valence-corrected chi connectivity index (χ0v) is 18.9. The van der Waals surface area contributed by atoms with Crippen molar-refractivity contribution in [1.82, 2.24) is 19.7 Å². The molecule has 1 aliphatic rings. The third kappa shape index (κ3) is 5.51. The predicted octanol–water partition coefficient (Wildman–Crippen LogP) is 2.27. The second-order valence-electron chi connectivity index (χ2n) is 7.56. The van der Waals surface area contributed by atoms with Gasteiger partial charge in [0.25, 0.3) is 0 Å². The fourth-order valence-electron chi connectivity index (χ4n) is 3.22. The number of benzene rings is 1. The van der Waals surface area contributed by atoms with Gasteiger partial charge in [-0.15, -0.1) is 10.2 Å². The molecule has 8 nitrogen and oxygen atoms in total. The van der Waals surface area contributed by atoms with Crippen LogP contribution in [-0.2, 0) is 28.4 Å². The molecular weight excluding hydrogens is 429 g/mol. The van der Waals surface area contributed by atoms with Crippen LogP contribution in [0.4, 0.5) is 10.1 Å². The van der Waals surface area contributed by atoms with Crippen LogP contribution < -0.4 is 4.31 Å². The average molecular weight is 456 g/mol. The Morgan fingerprint density at radius 1 is 1.23 bits per heavy atom. The number of rotatable bonds is 7. The number of anilines is 1. The van der Waals surface area contributed by atoms with E-state index in [1.165, 1.54) is 36.0 Å². The molecule has 0 bridgehead atoms. The van der Waals surface area contributed by atoms with Gasteiger partial charge in [-0.1, -0.05) is 18.7 Å². The van der Waals surface area contributed by atoms with Gasteiger partial charge in [0.2, 0.25) is 15.9 Å². The van der Waals surface area contributed by atoms with Crippen molar-refractivity contribution in [3.8, 4) is 0 Å². The average Bonchev–Trinajstić information content (AvgIpc) is 3.04. The maximum absolute atomic E-state index is 13.2. The number of hydrogen-bond acceptors (Lipinski definition) is 6. The molecule has 0 unspecified atom stereocenters. The van der Waals surface area contributed by atoms with Crippen molar-refractivity contribution in [2.75, 3.05) is 29.4 Å². The van der Waals surface area contributed by atoms with Gasteiger partial charge >= 0.3 is 0 Å². The van der Waals surface area contributed by atoms with Crippen molar-refractivity contribution < 1.29 is 17.6 Å². The highest BCUT2D eigenvalue weighted by atomic mass is 32.2. The van der Waals surface area contributed by atoms with Gasteiger partial charge in [0.05, 0.1) is 24.2 Å². The number of piperidine rings is 1. The summed E-state index contributed by atoms with van der Waals surface area (Å²) in [6, 6.07) is 5.22. The van der Waals surface area contributed by atoms with Crippen molar-refractivity contribution in [3.63, 3.8) is 0 Å². The van der Waals surface area contributed by atoms with Gasteiger partial charge in [-0.2, -0.15) is 0 Å². The summed E-state index contributed by atoms with van der Waals surface area (Å²) in [5, 5.41) is 8.75. The Balaban J connectivity index is 1.67. The van der Waals surface area contributed by atoms with Gasteiger partial charge < -0.3 is 9.47 Å².